The molecule has 1 aromatic rings. The summed E-state index contributed by atoms with van der Waals surface area (Å²) in [5, 5.41) is 8.95. The molecule has 0 radical (unpaired) electrons. The van der Waals surface area contributed by atoms with Crippen molar-refractivity contribution in [1.29, 1.82) is 0 Å². The van der Waals surface area contributed by atoms with E-state index in [0.717, 1.165) is 0 Å². The summed E-state index contributed by atoms with van der Waals surface area (Å²) in [4.78, 5) is 24.7. The zero-order valence-corrected chi connectivity index (χ0v) is 15.4. The second-order valence-electron chi connectivity index (χ2n) is 6.06. The van der Waals surface area contributed by atoms with E-state index in [-0.39, 0.29) is 22.5 Å². The van der Waals surface area contributed by atoms with Gasteiger partial charge in [0.25, 0.3) is 5.91 Å². The number of benzene rings is 1. The average Bonchev–Trinajstić information content (AvgIpc) is 2.50. The molecule has 0 bridgehead atoms. The van der Waals surface area contributed by atoms with Gasteiger partial charge >= 0.3 is 5.97 Å². The summed E-state index contributed by atoms with van der Waals surface area (Å²) in [5.74, 6) is -1.64. The number of carboxylic acid groups (broad SMARTS) is 1. The maximum Gasteiger partial charge on any atom is 0.323 e. The lowest BCUT2D eigenvalue weighted by atomic mass is 10.1. The minimum absolute atomic E-state index is 0.00332. The molecule has 1 rings (SSSR count). The van der Waals surface area contributed by atoms with Crippen LogP contribution in [0.15, 0.2) is 29.2 Å². The summed E-state index contributed by atoms with van der Waals surface area (Å²) in [6.45, 7) is 6.46. The Hall–Kier alpha value is -1.93. The number of carboxylic acids is 1. The monoisotopic (exact) mass is 356 g/mol. The fourth-order valence-corrected chi connectivity index (χ4v) is 3.45. The number of sulfonamides is 1. The van der Waals surface area contributed by atoms with Gasteiger partial charge in [-0.3, -0.25) is 9.59 Å². The van der Waals surface area contributed by atoms with Crippen LogP contribution >= 0.6 is 0 Å². The number of amides is 1. The van der Waals surface area contributed by atoms with Crippen molar-refractivity contribution < 1.29 is 23.1 Å². The van der Waals surface area contributed by atoms with Crippen LogP contribution in [-0.2, 0) is 14.8 Å². The lowest BCUT2D eigenvalue weighted by molar-refractivity contribution is -0.138. The molecule has 0 atom stereocenters. The van der Waals surface area contributed by atoms with Crippen LogP contribution in [0.3, 0.4) is 0 Å². The lowest BCUT2D eigenvalue weighted by Gasteiger charge is -2.25. The molecule has 8 heteroatoms. The molecule has 1 N–H and O–H groups in total. The first kappa shape index (κ1) is 20.1. The molecule has 1 amide bonds. The van der Waals surface area contributed by atoms with Crippen LogP contribution in [0.4, 0.5) is 0 Å². The van der Waals surface area contributed by atoms with Gasteiger partial charge in [-0.15, -0.1) is 0 Å². The normalized spacial score (nSPS) is 12.0. The summed E-state index contributed by atoms with van der Waals surface area (Å²) in [6, 6.07) is 5.11. The van der Waals surface area contributed by atoms with E-state index in [1.807, 2.05) is 0 Å². The van der Waals surface area contributed by atoms with Gasteiger partial charge in [0.15, 0.2) is 0 Å². The van der Waals surface area contributed by atoms with Gasteiger partial charge in [0.1, 0.15) is 6.54 Å². The molecule has 1 aromatic carbocycles. The Bertz CT molecular complexity index is 713. The average molecular weight is 356 g/mol. The zero-order chi connectivity index (χ0) is 18.7. The Labute approximate surface area is 142 Å². The standard InChI is InChI=1S/C16H24N2O5S/c1-11(2)17(5)24(22,23)14-8-6-7-13(9-14)16(21)18(12(3)4)10-15(19)20/h6-9,11-12H,10H2,1-5H3,(H,19,20). The van der Waals surface area contributed by atoms with Crippen LogP contribution in [-0.4, -0.2) is 60.3 Å². The molecule has 0 aliphatic rings. The highest BCUT2D eigenvalue weighted by Gasteiger charge is 2.26. The molecule has 134 valence electrons. The second kappa shape index (κ2) is 7.76. The van der Waals surface area contributed by atoms with E-state index in [0.29, 0.717) is 0 Å². The quantitative estimate of drug-likeness (QED) is 0.801. The van der Waals surface area contributed by atoms with E-state index in [2.05, 4.69) is 0 Å². The molecular weight excluding hydrogens is 332 g/mol. The number of hydrogen-bond acceptors (Lipinski definition) is 4. The van der Waals surface area contributed by atoms with Gasteiger partial charge in [-0.2, -0.15) is 4.31 Å². The van der Waals surface area contributed by atoms with Crippen molar-refractivity contribution in [2.45, 2.75) is 44.7 Å². The summed E-state index contributed by atoms with van der Waals surface area (Å²) in [6.07, 6.45) is 0. The van der Waals surface area contributed by atoms with Gasteiger partial charge in [-0.1, -0.05) is 6.07 Å². The van der Waals surface area contributed by atoms with Crippen LogP contribution in [0.5, 0.6) is 0 Å². The molecule has 0 unspecified atom stereocenters. The third-order valence-electron chi connectivity index (χ3n) is 3.68. The number of hydrogen-bond donors (Lipinski definition) is 1. The topological polar surface area (TPSA) is 95.0 Å². The van der Waals surface area contributed by atoms with E-state index < -0.39 is 28.4 Å². The molecule has 0 aromatic heterocycles. The largest absolute Gasteiger partial charge is 0.480 e. The molecule has 0 heterocycles. The predicted molar refractivity (Wildman–Crippen MR) is 90.3 cm³/mol. The highest BCUT2D eigenvalue weighted by atomic mass is 32.2. The van der Waals surface area contributed by atoms with Crippen molar-refractivity contribution in [1.82, 2.24) is 9.21 Å². The predicted octanol–water partition coefficient (Wildman–Crippen LogP) is 1.65. The van der Waals surface area contributed by atoms with Crippen molar-refractivity contribution >= 4 is 21.9 Å². The lowest BCUT2D eigenvalue weighted by Crippen LogP contribution is -2.40. The fourth-order valence-electron chi connectivity index (χ4n) is 2.03. The van der Waals surface area contributed by atoms with Gasteiger partial charge in [0, 0.05) is 24.7 Å². The van der Waals surface area contributed by atoms with Crippen molar-refractivity contribution in [3.05, 3.63) is 29.8 Å². The molecule has 24 heavy (non-hydrogen) atoms. The van der Waals surface area contributed by atoms with Crippen LogP contribution < -0.4 is 0 Å². The van der Waals surface area contributed by atoms with Crippen LogP contribution in [0.2, 0.25) is 0 Å². The molecule has 0 spiro atoms. The Morgan fingerprint density at radius 1 is 1.12 bits per heavy atom. The molecule has 0 aliphatic heterocycles. The number of carbonyl (C=O) groups excluding carboxylic acids is 1. The molecule has 0 fully saturated rings. The second-order valence-corrected chi connectivity index (χ2v) is 8.06. The summed E-state index contributed by atoms with van der Waals surface area (Å²) in [5.41, 5.74) is 0.142. The van der Waals surface area contributed by atoms with Crippen molar-refractivity contribution in [3.63, 3.8) is 0 Å². The molecule has 7 nitrogen and oxygen atoms in total. The Balaban J connectivity index is 3.25. The minimum Gasteiger partial charge on any atom is -0.480 e. The molecule has 0 saturated carbocycles. The van der Waals surface area contributed by atoms with Crippen LogP contribution in [0.25, 0.3) is 0 Å². The summed E-state index contributed by atoms with van der Waals surface area (Å²) < 4.78 is 26.3. The van der Waals surface area contributed by atoms with Gasteiger partial charge in [0.05, 0.1) is 4.90 Å². The van der Waals surface area contributed by atoms with E-state index in [1.54, 1.807) is 27.7 Å². The van der Waals surface area contributed by atoms with Crippen LogP contribution in [0, 0.1) is 0 Å². The minimum atomic E-state index is -3.72. The molecule has 0 saturated heterocycles. The van der Waals surface area contributed by atoms with Crippen molar-refractivity contribution in [2.24, 2.45) is 0 Å². The van der Waals surface area contributed by atoms with E-state index in [1.165, 1.54) is 40.5 Å². The first-order chi connectivity index (χ1) is 11.0. The van der Waals surface area contributed by atoms with Crippen molar-refractivity contribution in [3.8, 4) is 0 Å². The Morgan fingerprint density at radius 2 is 1.71 bits per heavy atom. The van der Waals surface area contributed by atoms with E-state index >= 15 is 0 Å². The number of nitrogens with zero attached hydrogens (tertiary/aromatic N) is 2. The highest BCUT2D eigenvalue weighted by Crippen LogP contribution is 2.19. The molecular formula is C16H24N2O5S. The summed E-state index contributed by atoms with van der Waals surface area (Å²) >= 11 is 0. The van der Waals surface area contributed by atoms with Gasteiger partial charge in [-0.25, -0.2) is 8.42 Å². The first-order valence-electron chi connectivity index (χ1n) is 7.59. The third kappa shape index (κ3) is 4.55. The smallest absolute Gasteiger partial charge is 0.323 e. The SMILES string of the molecule is CC(C)N(CC(=O)O)C(=O)c1cccc(S(=O)(=O)N(C)C(C)C)c1. The third-order valence-corrected chi connectivity index (χ3v) is 5.70. The summed E-state index contributed by atoms with van der Waals surface area (Å²) in [7, 11) is -2.25. The van der Waals surface area contributed by atoms with Crippen molar-refractivity contribution in [2.75, 3.05) is 13.6 Å². The van der Waals surface area contributed by atoms with E-state index in [4.69, 9.17) is 5.11 Å². The maximum absolute atomic E-state index is 12.6. The Morgan fingerprint density at radius 3 is 2.17 bits per heavy atom. The highest BCUT2D eigenvalue weighted by molar-refractivity contribution is 7.89. The van der Waals surface area contributed by atoms with Crippen LogP contribution in [0.1, 0.15) is 38.1 Å². The van der Waals surface area contributed by atoms with Gasteiger partial charge in [0.2, 0.25) is 10.0 Å². The number of carbonyl (C=O) groups is 2. The fraction of sp³-hybridized carbons (Fsp3) is 0.500. The maximum atomic E-state index is 12.6. The van der Waals surface area contributed by atoms with E-state index in [9.17, 15) is 18.0 Å². The molecule has 0 aliphatic carbocycles. The number of aliphatic carboxylic acids is 1. The van der Waals surface area contributed by atoms with Gasteiger partial charge < -0.3 is 10.0 Å². The van der Waals surface area contributed by atoms with Gasteiger partial charge in [-0.05, 0) is 45.9 Å². The zero-order valence-electron chi connectivity index (χ0n) is 14.6. The Kier molecular flexibility index (Phi) is 6.50. The number of rotatable bonds is 7. The first-order valence-corrected chi connectivity index (χ1v) is 9.03.